The van der Waals surface area contributed by atoms with Crippen LogP contribution in [0.25, 0.3) is 0 Å². The number of benzene rings is 1. The van der Waals surface area contributed by atoms with Crippen molar-refractivity contribution in [1.29, 1.82) is 0 Å². The van der Waals surface area contributed by atoms with Gasteiger partial charge in [0.05, 0.1) is 0 Å². The highest BCUT2D eigenvalue weighted by atomic mass is 32.2. The highest BCUT2D eigenvalue weighted by molar-refractivity contribution is 7.98. The second-order valence-corrected chi connectivity index (χ2v) is 5.30. The van der Waals surface area contributed by atoms with E-state index in [2.05, 4.69) is 11.6 Å². The van der Waals surface area contributed by atoms with Crippen molar-refractivity contribution in [3.8, 4) is 0 Å². The molecule has 0 aromatic heterocycles. The van der Waals surface area contributed by atoms with Crippen LogP contribution < -0.4 is 5.32 Å². The Kier molecular flexibility index (Phi) is 7.29. The summed E-state index contributed by atoms with van der Waals surface area (Å²) >= 11 is 1.91. The van der Waals surface area contributed by atoms with Gasteiger partial charge in [-0.3, -0.25) is 0 Å². The molecule has 1 aromatic carbocycles. The summed E-state index contributed by atoms with van der Waals surface area (Å²) in [5.41, 5.74) is 1.89. The highest BCUT2D eigenvalue weighted by Gasteiger charge is 1.98. The van der Waals surface area contributed by atoms with Crippen LogP contribution in [-0.2, 0) is 6.54 Å². The average Bonchev–Trinajstić information content (AvgIpc) is 2.32. The molecular weight excluding hydrogens is 233 g/mol. The fraction of sp³-hybridized carbons (Fsp3) is 0.571. The molecule has 3 heteroatoms. The summed E-state index contributed by atoms with van der Waals surface area (Å²) in [6, 6.07) is 5.31. The molecule has 0 bridgehead atoms. The normalized spacial score (nSPS) is 10.8. The standard InChI is InChI=1S/C14H22FNS/c1-12-10-13(6-7-14(12)15)11-16-8-4-3-5-9-17-2/h6-7,10,16H,3-5,8-9,11H2,1-2H3. The average molecular weight is 255 g/mol. The van der Waals surface area contributed by atoms with Crippen molar-refractivity contribution in [3.05, 3.63) is 35.1 Å². The maximum absolute atomic E-state index is 13.0. The second-order valence-electron chi connectivity index (χ2n) is 4.31. The molecule has 0 aliphatic heterocycles. The van der Waals surface area contributed by atoms with Gasteiger partial charge >= 0.3 is 0 Å². The Labute approximate surface area is 108 Å². The van der Waals surface area contributed by atoms with Gasteiger partial charge in [-0.05, 0) is 55.5 Å². The third kappa shape index (κ3) is 6.08. The molecule has 0 heterocycles. The van der Waals surface area contributed by atoms with E-state index in [-0.39, 0.29) is 5.82 Å². The monoisotopic (exact) mass is 255 g/mol. The van der Waals surface area contributed by atoms with Gasteiger partial charge in [-0.2, -0.15) is 11.8 Å². The topological polar surface area (TPSA) is 12.0 Å². The van der Waals surface area contributed by atoms with Crippen molar-refractivity contribution in [2.75, 3.05) is 18.6 Å². The molecule has 0 fully saturated rings. The number of nitrogens with one attached hydrogen (secondary N) is 1. The van der Waals surface area contributed by atoms with Crippen LogP contribution in [0.15, 0.2) is 18.2 Å². The summed E-state index contributed by atoms with van der Waals surface area (Å²) in [5.74, 6) is 1.14. The van der Waals surface area contributed by atoms with Gasteiger partial charge in [0.15, 0.2) is 0 Å². The number of hydrogen-bond acceptors (Lipinski definition) is 2. The molecular formula is C14H22FNS. The lowest BCUT2D eigenvalue weighted by atomic mass is 10.1. The van der Waals surface area contributed by atoms with Crippen LogP contribution in [0.5, 0.6) is 0 Å². The van der Waals surface area contributed by atoms with E-state index in [0.717, 1.165) is 24.2 Å². The van der Waals surface area contributed by atoms with E-state index >= 15 is 0 Å². The number of hydrogen-bond donors (Lipinski definition) is 1. The molecule has 1 nitrogen and oxygen atoms in total. The van der Waals surface area contributed by atoms with Gasteiger partial charge in [-0.15, -0.1) is 0 Å². The minimum atomic E-state index is -0.120. The van der Waals surface area contributed by atoms with E-state index in [0.29, 0.717) is 0 Å². The van der Waals surface area contributed by atoms with Crippen LogP contribution in [0, 0.1) is 12.7 Å². The fourth-order valence-electron chi connectivity index (χ4n) is 1.72. The highest BCUT2D eigenvalue weighted by Crippen LogP contribution is 2.09. The largest absolute Gasteiger partial charge is 0.313 e. The van der Waals surface area contributed by atoms with E-state index in [1.54, 1.807) is 13.0 Å². The minimum absolute atomic E-state index is 0.120. The van der Waals surface area contributed by atoms with Crippen molar-refractivity contribution in [3.63, 3.8) is 0 Å². The Morgan fingerprint density at radius 1 is 1.24 bits per heavy atom. The molecule has 0 aliphatic carbocycles. The van der Waals surface area contributed by atoms with E-state index in [4.69, 9.17) is 0 Å². The van der Waals surface area contributed by atoms with E-state index in [1.807, 2.05) is 23.9 Å². The third-order valence-electron chi connectivity index (χ3n) is 2.75. The maximum Gasteiger partial charge on any atom is 0.126 e. The van der Waals surface area contributed by atoms with Crippen molar-refractivity contribution in [2.24, 2.45) is 0 Å². The van der Waals surface area contributed by atoms with Gasteiger partial charge in [-0.25, -0.2) is 4.39 Å². The summed E-state index contributed by atoms with van der Waals surface area (Å²) in [7, 11) is 0. The van der Waals surface area contributed by atoms with E-state index in [1.165, 1.54) is 25.0 Å². The predicted molar refractivity (Wildman–Crippen MR) is 75.1 cm³/mol. The molecule has 1 aromatic rings. The van der Waals surface area contributed by atoms with Crippen molar-refractivity contribution < 1.29 is 4.39 Å². The first kappa shape index (κ1) is 14.5. The maximum atomic E-state index is 13.0. The smallest absolute Gasteiger partial charge is 0.126 e. The van der Waals surface area contributed by atoms with Gasteiger partial charge in [-0.1, -0.05) is 18.6 Å². The van der Waals surface area contributed by atoms with Crippen molar-refractivity contribution >= 4 is 11.8 Å². The summed E-state index contributed by atoms with van der Waals surface area (Å²) in [6.45, 7) is 3.69. The Morgan fingerprint density at radius 3 is 2.76 bits per heavy atom. The zero-order chi connectivity index (χ0) is 12.5. The number of unbranched alkanes of at least 4 members (excludes halogenated alkanes) is 2. The zero-order valence-electron chi connectivity index (χ0n) is 10.8. The van der Waals surface area contributed by atoms with Crippen molar-refractivity contribution in [2.45, 2.75) is 32.7 Å². The molecule has 1 N–H and O–H groups in total. The van der Waals surface area contributed by atoms with Crippen LogP contribution in [0.1, 0.15) is 30.4 Å². The second kappa shape index (κ2) is 8.54. The van der Waals surface area contributed by atoms with Gasteiger partial charge < -0.3 is 5.32 Å². The zero-order valence-corrected chi connectivity index (χ0v) is 11.6. The van der Waals surface area contributed by atoms with Crippen LogP contribution >= 0.6 is 11.8 Å². The van der Waals surface area contributed by atoms with Crippen LogP contribution in [0.2, 0.25) is 0 Å². The number of thioether (sulfide) groups is 1. The molecule has 0 aliphatic rings. The lowest BCUT2D eigenvalue weighted by Crippen LogP contribution is -2.14. The molecule has 0 saturated carbocycles. The van der Waals surface area contributed by atoms with Gasteiger partial charge in [0.25, 0.3) is 0 Å². The molecule has 96 valence electrons. The predicted octanol–water partition coefficient (Wildman–Crippen LogP) is 3.76. The first-order valence-corrected chi connectivity index (χ1v) is 7.58. The Bertz CT molecular complexity index is 328. The van der Waals surface area contributed by atoms with Crippen molar-refractivity contribution in [1.82, 2.24) is 5.32 Å². The molecule has 0 amide bonds. The van der Waals surface area contributed by atoms with Crippen LogP contribution in [0.3, 0.4) is 0 Å². The molecule has 0 spiro atoms. The van der Waals surface area contributed by atoms with E-state index < -0.39 is 0 Å². The summed E-state index contributed by atoms with van der Waals surface area (Å²) in [4.78, 5) is 0. The number of aryl methyl sites for hydroxylation is 1. The summed E-state index contributed by atoms with van der Waals surface area (Å²) < 4.78 is 13.0. The minimum Gasteiger partial charge on any atom is -0.313 e. The number of halogens is 1. The fourth-order valence-corrected chi connectivity index (χ4v) is 2.22. The molecule has 17 heavy (non-hydrogen) atoms. The van der Waals surface area contributed by atoms with Gasteiger partial charge in [0.1, 0.15) is 5.82 Å². The molecule has 0 unspecified atom stereocenters. The SMILES string of the molecule is CSCCCCCNCc1ccc(F)c(C)c1. The molecule has 0 radical (unpaired) electrons. The quantitative estimate of drug-likeness (QED) is 0.710. The molecule has 0 atom stereocenters. The molecule has 0 saturated heterocycles. The first-order chi connectivity index (χ1) is 8.24. The number of rotatable bonds is 8. The Balaban J connectivity index is 2.11. The lowest BCUT2D eigenvalue weighted by Gasteiger charge is -2.06. The Morgan fingerprint density at radius 2 is 2.06 bits per heavy atom. The third-order valence-corrected chi connectivity index (χ3v) is 3.45. The lowest BCUT2D eigenvalue weighted by molar-refractivity contribution is 0.607. The first-order valence-electron chi connectivity index (χ1n) is 6.18. The van der Waals surface area contributed by atoms with Crippen LogP contribution in [-0.4, -0.2) is 18.6 Å². The molecule has 1 rings (SSSR count). The summed E-state index contributed by atoms with van der Waals surface area (Å²) in [6.07, 6.45) is 5.96. The van der Waals surface area contributed by atoms with E-state index in [9.17, 15) is 4.39 Å². The van der Waals surface area contributed by atoms with Gasteiger partial charge in [0, 0.05) is 6.54 Å². The van der Waals surface area contributed by atoms with Crippen LogP contribution in [0.4, 0.5) is 4.39 Å². The summed E-state index contributed by atoms with van der Waals surface area (Å²) in [5, 5.41) is 3.40. The van der Waals surface area contributed by atoms with Gasteiger partial charge in [0.2, 0.25) is 0 Å². The Hall–Kier alpha value is -0.540.